The second-order valence-electron chi connectivity index (χ2n) is 4.52. The van der Waals surface area contributed by atoms with E-state index in [-0.39, 0.29) is 17.4 Å². The lowest BCUT2D eigenvalue weighted by atomic mass is 10.1. The van der Waals surface area contributed by atoms with Crippen molar-refractivity contribution in [1.82, 2.24) is 0 Å². The highest BCUT2D eigenvalue weighted by Gasteiger charge is 2.09. The molecule has 2 rings (SSSR count). The summed E-state index contributed by atoms with van der Waals surface area (Å²) in [5, 5.41) is 0. The smallest absolute Gasteiger partial charge is 0.173 e. The average Bonchev–Trinajstić information content (AvgIpc) is 2.36. The molecule has 98 valence electrons. The summed E-state index contributed by atoms with van der Waals surface area (Å²) in [4.78, 5) is 12.6. The van der Waals surface area contributed by atoms with Gasteiger partial charge in [0.1, 0.15) is 5.82 Å². The van der Waals surface area contributed by atoms with E-state index in [1.807, 2.05) is 32.0 Å². The van der Waals surface area contributed by atoms with Crippen LogP contribution < -0.4 is 0 Å². The van der Waals surface area contributed by atoms with Crippen LogP contribution in [-0.2, 0) is 0 Å². The van der Waals surface area contributed by atoms with E-state index in [0.29, 0.717) is 10.5 Å². The van der Waals surface area contributed by atoms with E-state index >= 15 is 0 Å². The van der Waals surface area contributed by atoms with E-state index in [0.717, 1.165) is 11.1 Å². The number of carbonyl (C=O) groups excluding carboxylic acids is 1. The van der Waals surface area contributed by atoms with Crippen LogP contribution >= 0.6 is 11.8 Å². The van der Waals surface area contributed by atoms with Crippen molar-refractivity contribution < 1.29 is 9.18 Å². The van der Waals surface area contributed by atoms with Crippen molar-refractivity contribution in [1.29, 1.82) is 0 Å². The molecule has 0 aliphatic carbocycles. The Morgan fingerprint density at radius 2 is 1.74 bits per heavy atom. The molecular formula is C16H15FOS. The molecule has 2 aromatic rings. The predicted molar refractivity (Wildman–Crippen MR) is 77.4 cm³/mol. The van der Waals surface area contributed by atoms with Crippen LogP contribution in [0.3, 0.4) is 0 Å². The number of hydrogen-bond acceptors (Lipinski definition) is 2. The first-order valence-electron chi connectivity index (χ1n) is 6.05. The molecule has 0 heterocycles. The summed E-state index contributed by atoms with van der Waals surface area (Å²) in [6.07, 6.45) is 0. The maximum Gasteiger partial charge on any atom is 0.173 e. The summed E-state index contributed by atoms with van der Waals surface area (Å²) < 4.78 is 13.4. The molecule has 0 aliphatic heterocycles. The molecule has 2 aromatic carbocycles. The SMILES string of the molecule is Cc1cc(C)cc(C(=O)CSc2ccccc2F)c1. The number of rotatable bonds is 4. The highest BCUT2D eigenvalue weighted by Crippen LogP contribution is 2.22. The summed E-state index contributed by atoms with van der Waals surface area (Å²) in [6.45, 7) is 3.93. The summed E-state index contributed by atoms with van der Waals surface area (Å²) in [6, 6.07) is 12.3. The quantitative estimate of drug-likeness (QED) is 0.606. The zero-order valence-corrected chi connectivity index (χ0v) is 11.8. The monoisotopic (exact) mass is 274 g/mol. The Morgan fingerprint density at radius 1 is 1.11 bits per heavy atom. The van der Waals surface area contributed by atoms with Crippen molar-refractivity contribution in [2.24, 2.45) is 0 Å². The minimum Gasteiger partial charge on any atom is -0.293 e. The molecule has 3 heteroatoms. The van der Waals surface area contributed by atoms with Gasteiger partial charge in [0.15, 0.2) is 5.78 Å². The molecule has 0 radical (unpaired) electrons. The molecule has 0 fully saturated rings. The van der Waals surface area contributed by atoms with Gasteiger partial charge < -0.3 is 0 Å². The molecule has 0 N–H and O–H groups in total. The Morgan fingerprint density at radius 3 is 2.37 bits per heavy atom. The minimum absolute atomic E-state index is 0.0278. The Balaban J connectivity index is 2.08. The third-order valence-electron chi connectivity index (χ3n) is 2.74. The van der Waals surface area contributed by atoms with Crippen LogP contribution in [-0.4, -0.2) is 11.5 Å². The fraction of sp³-hybridized carbons (Fsp3) is 0.188. The van der Waals surface area contributed by atoms with Crippen molar-refractivity contribution in [3.63, 3.8) is 0 Å². The lowest BCUT2D eigenvalue weighted by Crippen LogP contribution is -2.03. The van der Waals surface area contributed by atoms with E-state index < -0.39 is 0 Å². The lowest BCUT2D eigenvalue weighted by molar-refractivity contribution is 0.102. The van der Waals surface area contributed by atoms with Gasteiger partial charge in [-0.15, -0.1) is 11.8 Å². The van der Waals surface area contributed by atoms with E-state index in [1.165, 1.54) is 17.8 Å². The van der Waals surface area contributed by atoms with Crippen molar-refractivity contribution in [2.75, 3.05) is 5.75 Å². The topological polar surface area (TPSA) is 17.1 Å². The molecule has 0 aliphatic rings. The Hall–Kier alpha value is -1.61. The highest BCUT2D eigenvalue weighted by atomic mass is 32.2. The van der Waals surface area contributed by atoms with Gasteiger partial charge in [-0.1, -0.05) is 29.3 Å². The summed E-state index contributed by atoms with van der Waals surface area (Å²) in [5.74, 6) is 0.00451. The second-order valence-corrected chi connectivity index (χ2v) is 5.54. The maximum atomic E-state index is 13.4. The first-order chi connectivity index (χ1) is 9.06. The van der Waals surface area contributed by atoms with Gasteiger partial charge >= 0.3 is 0 Å². The molecule has 1 nitrogen and oxygen atoms in total. The zero-order chi connectivity index (χ0) is 13.8. The number of Topliss-reactive ketones (excluding diaryl/α,β-unsaturated/α-hetero) is 1. The molecule has 0 unspecified atom stereocenters. The summed E-state index contributed by atoms with van der Waals surface area (Å²) >= 11 is 1.24. The third-order valence-corrected chi connectivity index (χ3v) is 3.79. The van der Waals surface area contributed by atoms with Gasteiger partial charge in [0, 0.05) is 10.5 Å². The fourth-order valence-corrected chi connectivity index (χ4v) is 2.76. The van der Waals surface area contributed by atoms with Crippen LogP contribution in [0.1, 0.15) is 21.5 Å². The van der Waals surface area contributed by atoms with Gasteiger partial charge in [0.25, 0.3) is 0 Å². The molecule has 0 aromatic heterocycles. The van der Waals surface area contributed by atoms with Crippen LogP contribution in [0.4, 0.5) is 4.39 Å². The fourth-order valence-electron chi connectivity index (χ4n) is 1.92. The number of hydrogen-bond donors (Lipinski definition) is 0. The van der Waals surface area contributed by atoms with Crippen LogP contribution in [0.5, 0.6) is 0 Å². The van der Waals surface area contributed by atoms with Crippen LogP contribution in [0.15, 0.2) is 47.4 Å². The van der Waals surface area contributed by atoms with Crippen molar-refractivity contribution in [3.05, 3.63) is 65.0 Å². The molecule has 19 heavy (non-hydrogen) atoms. The number of aryl methyl sites for hydroxylation is 2. The first-order valence-corrected chi connectivity index (χ1v) is 7.03. The highest BCUT2D eigenvalue weighted by molar-refractivity contribution is 8.00. The van der Waals surface area contributed by atoms with Crippen molar-refractivity contribution in [2.45, 2.75) is 18.7 Å². The molecule has 0 atom stereocenters. The normalized spacial score (nSPS) is 10.5. The Bertz CT molecular complexity index is 587. The Kier molecular flexibility index (Phi) is 4.38. The number of carbonyl (C=O) groups is 1. The Labute approximate surface area is 116 Å². The van der Waals surface area contributed by atoms with E-state index in [2.05, 4.69) is 0 Å². The van der Waals surface area contributed by atoms with E-state index in [4.69, 9.17) is 0 Å². The van der Waals surface area contributed by atoms with Gasteiger partial charge in [-0.25, -0.2) is 4.39 Å². The number of thioether (sulfide) groups is 1. The van der Waals surface area contributed by atoms with E-state index in [1.54, 1.807) is 18.2 Å². The number of benzene rings is 2. The molecule has 0 saturated heterocycles. The van der Waals surface area contributed by atoms with Crippen LogP contribution in [0.2, 0.25) is 0 Å². The molecule has 0 saturated carbocycles. The van der Waals surface area contributed by atoms with Crippen LogP contribution in [0, 0.1) is 19.7 Å². The summed E-state index contributed by atoms with van der Waals surface area (Å²) in [5.41, 5.74) is 2.83. The maximum absolute atomic E-state index is 13.4. The number of ketones is 1. The largest absolute Gasteiger partial charge is 0.293 e. The first kappa shape index (κ1) is 13.8. The van der Waals surface area contributed by atoms with Gasteiger partial charge in [-0.2, -0.15) is 0 Å². The second kappa shape index (κ2) is 6.02. The predicted octanol–water partition coefficient (Wildman–Crippen LogP) is 4.42. The van der Waals surface area contributed by atoms with Gasteiger partial charge in [-0.3, -0.25) is 4.79 Å². The third kappa shape index (κ3) is 3.67. The minimum atomic E-state index is -0.277. The zero-order valence-electron chi connectivity index (χ0n) is 10.9. The summed E-state index contributed by atoms with van der Waals surface area (Å²) in [7, 11) is 0. The molecular weight excluding hydrogens is 259 g/mol. The molecule has 0 spiro atoms. The average molecular weight is 274 g/mol. The van der Waals surface area contributed by atoms with Crippen molar-refractivity contribution in [3.8, 4) is 0 Å². The van der Waals surface area contributed by atoms with E-state index in [9.17, 15) is 9.18 Å². The molecule has 0 bridgehead atoms. The molecule has 0 amide bonds. The lowest BCUT2D eigenvalue weighted by Gasteiger charge is -2.05. The number of halogens is 1. The van der Waals surface area contributed by atoms with Gasteiger partial charge in [-0.05, 0) is 38.1 Å². The van der Waals surface area contributed by atoms with Gasteiger partial charge in [0.05, 0.1) is 5.75 Å². The van der Waals surface area contributed by atoms with Crippen LogP contribution in [0.25, 0.3) is 0 Å². The van der Waals surface area contributed by atoms with Crippen molar-refractivity contribution >= 4 is 17.5 Å². The van der Waals surface area contributed by atoms with Gasteiger partial charge in [0.2, 0.25) is 0 Å². The standard InChI is InChI=1S/C16H15FOS/c1-11-7-12(2)9-13(8-11)15(18)10-19-16-6-4-3-5-14(16)17/h3-9H,10H2,1-2H3.